The van der Waals surface area contributed by atoms with Crippen LogP contribution < -0.4 is 0 Å². The highest BCUT2D eigenvalue weighted by Gasteiger charge is 2.16. The third kappa shape index (κ3) is 4.27. The van der Waals surface area contributed by atoms with Gasteiger partial charge in [0.1, 0.15) is 6.07 Å². The topological polar surface area (TPSA) is 97.9 Å². The minimum atomic E-state index is -3.48. The van der Waals surface area contributed by atoms with Crippen LogP contribution in [0.2, 0.25) is 5.02 Å². The fraction of sp³-hybridized carbons (Fsp3) is 0.278. The van der Waals surface area contributed by atoms with Crippen molar-refractivity contribution >= 4 is 32.3 Å². The Kier molecular flexibility index (Phi) is 5.46. The predicted molar refractivity (Wildman–Crippen MR) is 101 cm³/mol. The third-order valence-corrected chi connectivity index (χ3v) is 5.24. The van der Waals surface area contributed by atoms with Gasteiger partial charge >= 0.3 is 0 Å². The summed E-state index contributed by atoms with van der Waals surface area (Å²) in [4.78, 5) is 4.30. The maximum Gasteiger partial charge on any atom is 0.177 e. The number of fused-ring (bicyclic) bond motifs is 1. The van der Waals surface area contributed by atoms with Gasteiger partial charge in [-0.2, -0.15) is 10.4 Å². The van der Waals surface area contributed by atoms with Crippen molar-refractivity contribution < 1.29 is 13.2 Å². The van der Waals surface area contributed by atoms with Crippen LogP contribution in [0.15, 0.2) is 35.5 Å². The van der Waals surface area contributed by atoms with Gasteiger partial charge in [-0.25, -0.2) is 8.42 Å². The Morgan fingerprint density at radius 2 is 2.11 bits per heavy atom. The third-order valence-electron chi connectivity index (χ3n) is 3.92. The molecule has 0 aliphatic rings. The second kappa shape index (κ2) is 7.64. The van der Waals surface area contributed by atoms with Gasteiger partial charge in [0.15, 0.2) is 15.5 Å². The summed E-state index contributed by atoms with van der Waals surface area (Å²) in [5, 5.41) is 14.5. The standard InChI is InChI=1S/C18H17ClN4O3S/c1-3-26-11-14-10-23(22-16(14)7-20)9-12-4-13-6-15(19)8-21-18(13)17(5-12)27(2,24)25/h4-6,8,10H,3,9,11H2,1-2H3. The van der Waals surface area contributed by atoms with E-state index in [1.165, 1.54) is 6.20 Å². The van der Waals surface area contributed by atoms with Gasteiger partial charge < -0.3 is 4.74 Å². The van der Waals surface area contributed by atoms with E-state index in [1.54, 1.807) is 23.0 Å². The van der Waals surface area contributed by atoms with Crippen LogP contribution in [-0.4, -0.2) is 36.0 Å². The predicted octanol–water partition coefficient (Wildman–Crippen LogP) is 2.94. The number of hydrogen-bond acceptors (Lipinski definition) is 6. The minimum absolute atomic E-state index is 0.133. The van der Waals surface area contributed by atoms with Crippen molar-refractivity contribution in [3.05, 3.63) is 52.4 Å². The number of aromatic nitrogens is 3. The summed E-state index contributed by atoms with van der Waals surface area (Å²) in [6.45, 7) is 3.00. The molecule has 0 amide bonds. The molecule has 0 aliphatic carbocycles. The van der Waals surface area contributed by atoms with Crippen molar-refractivity contribution in [1.29, 1.82) is 5.26 Å². The smallest absolute Gasteiger partial charge is 0.177 e. The molecule has 0 spiro atoms. The van der Waals surface area contributed by atoms with Crippen LogP contribution in [0.4, 0.5) is 0 Å². The van der Waals surface area contributed by atoms with Crippen LogP contribution in [0, 0.1) is 11.3 Å². The fourth-order valence-electron chi connectivity index (χ4n) is 2.77. The molecule has 0 aliphatic heterocycles. The first-order valence-electron chi connectivity index (χ1n) is 8.14. The molecule has 9 heteroatoms. The van der Waals surface area contributed by atoms with Crippen LogP contribution in [0.5, 0.6) is 0 Å². The number of hydrogen-bond donors (Lipinski definition) is 0. The summed E-state index contributed by atoms with van der Waals surface area (Å²) in [6.07, 6.45) is 4.30. The molecule has 0 bridgehead atoms. The van der Waals surface area contributed by atoms with Crippen molar-refractivity contribution in [3.8, 4) is 6.07 Å². The Morgan fingerprint density at radius 1 is 1.33 bits per heavy atom. The Labute approximate surface area is 162 Å². The zero-order valence-electron chi connectivity index (χ0n) is 14.8. The second-order valence-electron chi connectivity index (χ2n) is 6.04. The number of nitrogens with zero attached hydrogens (tertiary/aromatic N) is 4. The van der Waals surface area contributed by atoms with Gasteiger partial charge in [0.2, 0.25) is 0 Å². The van der Waals surface area contributed by atoms with Crippen molar-refractivity contribution in [2.24, 2.45) is 0 Å². The molecule has 7 nitrogen and oxygen atoms in total. The molecule has 2 heterocycles. The molecule has 0 saturated heterocycles. The van der Waals surface area contributed by atoms with Crippen LogP contribution in [-0.2, 0) is 27.7 Å². The number of pyridine rings is 1. The molecule has 0 saturated carbocycles. The number of nitriles is 1. The van der Waals surface area contributed by atoms with Crippen molar-refractivity contribution in [3.63, 3.8) is 0 Å². The van der Waals surface area contributed by atoms with E-state index >= 15 is 0 Å². The summed E-state index contributed by atoms with van der Waals surface area (Å²) in [5.74, 6) is 0. The van der Waals surface area contributed by atoms with E-state index in [4.69, 9.17) is 16.3 Å². The first-order chi connectivity index (χ1) is 12.8. The van der Waals surface area contributed by atoms with Gasteiger partial charge in [0.05, 0.1) is 28.6 Å². The Balaban J connectivity index is 2.05. The van der Waals surface area contributed by atoms with E-state index in [0.29, 0.717) is 46.8 Å². The average molecular weight is 405 g/mol. The molecule has 2 aromatic heterocycles. The van der Waals surface area contributed by atoms with Gasteiger partial charge in [0.25, 0.3) is 0 Å². The zero-order chi connectivity index (χ0) is 19.6. The molecular formula is C18H17ClN4O3S. The molecule has 3 aromatic rings. The Morgan fingerprint density at radius 3 is 2.78 bits per heavy atom. The van der Waals surface area contributed by atoms with Crippen LogP contribution in [0.3, 0.4) is 0 Å². The SMILES string of the molecule is CCOCc1cn(Cc2cc(S(C)(=O)=O)c3ncc(Cl)cc3c2)nc1C#N. The van der Waals surface area contributed by atoms with E-state index < -0.39 is 9.84 Å². The van der Waals surface area contributed by atoms with Gasteiger partial charge in [-0.1, -0.05) is 11.6 Å². The van der Waals surface area contributed by atoms with Crippen LogP contribution in [0.1, 0.15) is 23.7 Å². The van der Waals surface area contributed by atoms with Crippen molar-refractivity contribution in [2.45, 2.75) is 25.0 Å². The largest absolute Gasteiger partial charge is 0.377 e. The lowest BCUT2D eigenvalue weighted by atomic mass is 10.1. The minimum Gasteiger partial charge on any atom is -0.377 e. The summed E-state index contributed by atoms with van der Waals surface area (Å²) in [5.41, 5.74) is 2.06. The molecular weight excluding hydrogens is 388 g/mol. The Hall–Kier alpha value is -2.47. The van der Waals surface area contributed by atoms with Gasteiger partial charge in [-0.3, -0.25) is 9.67 Å². The lowest BCUT2D eigenvalue weighted by Gasteiger charge is -2.09. The van der Waals surface area contributed by atoms with E-state index in [9.17, 15) is 13.7 Å². The normalized spacial score (nSPS) is 11.6. The number of halogens is 1. The first-order valence-corrected chi connectivity index (χ1v) is 10.4. The lowest BCUT2D eigenvalue weighted by molar-refractivity contribution is 0.134. The lowest BCUT2D eigenvalue weighted by Crippen LogP contribution is -2.05. The molecule has 0 unspecified atom stereocenters. The molecule has 0 atom stereocenters. The Bertz CT molecular complexity index is 1150. The first kappa shape index (κ1) is 19.3. The number of sulfone groups is 1. The maximum absolute atomic E-state index is 12.2. The number of benzene rings is 1. The molecule has 140 valence electrons. The second-order valence-corrected chi connectivity index (χ2v) is 8.46. The fourth-order valence-corrected chi connectivity index (χ4v) is 3.82. The quantitative estimate of drug-likeness (QED) is 0.626. The number of ether oxygens (including phenoxy) is 1. The summed E-state index contributed by atoms with van der Waals surface area (Å²) < 4.78 is 31.4. The highest BCUT2D eigenvalue weighted by atomic mass is 35.5. The molecule has 0 fully saturated rings. The van der Waals surface area contributed by atoms with Crippen LogP contribution in [0.25, 0.3) is 10.9 Å². The van der Waals surface area contributed by atoms with Gasteiger partial charge in [0, 0.05) is 36.2 Å². The van der Waals surface area contributed by atoms with E-state index in [0.717, 1.165) is 6.26 Å². The van der Waals surface area contributed by atoms with Gasteiger partial charge in [-0.05, 0) is 30.7 Å². The molecule has 1 aromatic carbocycles. The zero-order valence-corrected chi connectivity index (χ0v) is 16.4. The summed E-state index contributed by atoms with van der Waals surface area (Å²) in [7, 11) is -3.48. The summed E-state index contributed by atoms with van der Waals surface area (Å²) in [6, 6.07) is 7.12. The van der Waals surface area contributed by atoms with Crippen molar-refractivity contribution in [1.82, 2.24) is 14.8 Å². The molecule has 27 heavy (non-hydrogen) atoms. The average Bonchev–Trinajstić information content (AvgIpc) is 2.99. The highest BCUT2D eigenvalue weighted by Crippen LogP contribution is 2.26. The number of rotatable bonds is 6. The van der Waals surface area contributed by atoms with E-state index in [-0.39, 0.29) is 10.6 Å². The molecule has 0 radical (unpaired) electrons. The van der Waals surface area contributed by atoms with Crippen molar-refractivity contribution in [2.75, 3.05) is 12.9 Å². The summed E-state index contributed by atoms with van der Waals surface area (Å²) >= 11 is 6.01. The molecule has 3 rings (SSSR count). The monoisotopic (exact) mass is 404 g/mol. The highest BCUT2D eigenvalue weighted by molar-refractivity contribution is 7.91. The molecule has 0 N–H and O–H groups in total. The van der Waals surface area contributed by atoms with E-state index in [2.05, 4.69) is 10.1 Å². The van der Waals surface area contributed by atoms with Crippen LogP contribution >= 0.6 is 11.6 Å². The maximum atomic E-state index is 12.2. The van der Waals surface area contributed by atoms with Gasteiger partial charge in [-0.15, -0.1) is 0 Å². The van der Waals surface area contributed by atoms with E-state index in [1.807, 2.05) is 19.1 Å².